The van der Waals surface area contributed by atoms with Gasteiger partial charge in [0.15, 0.2) is 0 Å². The highest BCUT2D eigenvalue weighted by atomic mass is 16.7. The predicted molar refractivity (Wildman–Crippen MR) is 125 cm³/mol. The van der Waals surface area contributed by atoms with Crippen molar-refractivity contribution in [2.75, 3.05) is 0 Å². The summed E-state index contributed by atoms with van der Waals surface area (Å²) in [4.78, 5) is 0. The van der Waals surface area contributed by atoms with Crippen LogP contribution in [0.5, 0.6) is 0 Å². The molecule has 4 nitrogen and oxygen atoms in total. The van der Waals surface area contributed by atoms with Crippen molar-refractivity contribution >= 4 is 19.7 Å². The lowest BCUT2D eigenvalue weighted by Crippen LogP contribution is -2.41. The molecule has 6 heteroatoms. The number of allylic oxidation sites excluding steroid dienone is 1. The molecular formula is C24H38B2O4. The molecule has 1 aromatic rings. The minimum absolute atomic E-state index is 0.226. The highest BCUT2D eigenvalue weighted by Crippen LogP contribution is 2.48. The van der Waals surface area contributed by atoms with Crippen LogP contribution in [0.3, 0.4) is 0 Å². The molecule has 0 radical (unpaired) electrons. The van der Waals surface area contributed by atoms with Crippen LogP contribution in [-0.2, 0) is 18.6 Å². The molecule has 2 saturated heterocycles. The van der Waals surface area contributed by atoms with E-state index in [0.29, 0.717) is 0 Å². The highest BCUT2D eigenvalue weighted by Gasteiger charge is 2.58. The van der Waals surface area contributed by atoms with Crippen LogP contribution in [0.25, 0.3) is 5.47 Å². The fourth-order valence-electron chi connectivity index (χ4n) is 3.84. The Kier molecular flexibility index (Phi) is 5.69. The quantitative estimate of drug-likeness (QED) is 0.593. The summed E-state index contributed by atoms with van der Waals surface area (Å²) < 4.78 is 26.1. The van der Waals surface area contributed by atoms with Crippen molar-refractivity contribution in [3.63, 3.8) is 0 Å². The number of hydrogen-bond acceptors (Lipinski definition) is 4. The van der Waals surface area contributed by atoms with E-state index in [-0.39, 0.29) is 5.41 Å². The van der Waals surface area contributed by atoms with Gasteiger partial charge in [-0.2, -0.15) is 0 Å². The van der Waals surface area contributed by atoms with Crippen LogP contribution in [-0.4, -0.2) is 36.6 Å². The molecule has 0 N–H and O–H groups in total. The van der Waals surface area contributed by atoms with Crippen LogP contribution in [0.15, 0.2) is 35.8 Å². The average molecular weight is 412 g/mol. The van der Waals surface area contributed by atoms with Gasteiger partial charge in [-0.25, -0.2) is 0 Å². The summed E-state index contributed by atoms with van der Waals surface area (Å²) in [6, 6.07) is 10.3. The van der Waals surface area contributed by atoms with Crippen molar-refractivity contribution < 1.29 is 18.6 Å². The van der Waals surface area contributed by atoms with E-state index in [9.17, 15) is 0 Å². The van der Waals surface area contributed by atoms with Crippen LogP contribution in [0, 0.1) is 5.41 Å². The molecule has 2 aliphatic rings. The summed E-state index contributed by atoms with van der Waals surface area (Å²) in [5.74, 6) is 0. The van der Waals surface area contributed by atoms with Gasteiger partial charge in [-0.1, -0.05) is 51.1 Å². The molecule has 3 rings (SSSR count). The molecule has 1 aromatic carbocycles. The molecule has 0 amide bonds. The van der Waals surface area contributed by atoms with Gasteiger partial charge in [0.1, 0.15) is 0 Å². The zero-order chi connectivity index (χ0) is 22.8. The largest absolute Gasteiger partial charge is 0.494 e. The number of hydrogen-bond donors (Lipinski definition) is 0. The van der Waals surface area contributed by atoms with E-state index < -0.39 is 36.6 Å². The molecule has 0 unspecified atom stereocenters. The van der Waals surface area contributed by atoms with Gasteiger partial charge in [-0.15, -0.1) is 0 Å². The summed E-state index contributed by atoms with van der Waals surface area (Å²) >= 11 is 0. The molecular weight excluding hydrogens is 374 g/mol. The van der Waals surface area contributed by atoms with E-state index in [1.54, 1.807) is 0 Å². The third-order valence-electron chi connectivity index (χ3n) is 7.16. The molecule has 2 fully saturated rings. The molecule has 0 spiro atoms. The van der Waals surface area contributed by atoms with Gasteiger partial charge in [0.25, 0.3) is 0 Å². The van der Waals surface area contributed by atoms with E-state index in [0.717, 1.165) is 16.5 Å². The summed E-state index contributed by atoms with van der Waals surface area (Å²) in [6.07, 6.45) is 0. The standard InChI is InChI=1S/C24H38B2O4/c1-20(2,3)19(26-29-23(8,9)24(10,11)30-26)18(17-15-13-12-14-16-17)25-27-21(4,5)22(6,7)28-25/h12-16H,1-11H3/b19-18-. The van der Waals surface area contributed by atoms with Gasteiger partial charge in [0.2, 0.25) is 0 Å². The van der Waals surface area contributed by atoms with Crippen molar-refractivity contribution in [1.29, 1.82) is 0 Å². The normalized spacial score (nSPS) is 25.4. The first-order valence-corrected chi connectivity index (χ1v) is 11.0. The second-order valence-corrected chi connectivity index (χ2v) is 11.6. The Bertz CT molecular complexity index is 787. The van der Waals surface area contributed by atoms with Crippen LogP contribution in [0.1, 0.15) is 81.7 Å². The first-order chi connectivity index (χ1) is 13.5. The molecule has 30 heavy (non-hydrogen) atoms. The average Bonchev–Trinajstić information content (AvgIpc) is 2.91. The summed E-state index contributed by atoms with van der Waals surface area (Å²) in [5.41, 5.74) is 1.18. The van der Waals surface area contributed by atoms with Gasteiger partial charge < -0.3 is 18.6 Å². The van der Waals surface area contributed by atoms with Crippen molar-refractivity contribution in [3.05, 3.63) is 41.4 Å². The van der Waals surface area contributed by atoms with E-state index >= 15 is 0 Å². The van der Waals surface area contributed by atoms with Gasteiger partial charge in [0.05, 0.1) is 22.4 Å². The fraction of sp³-hybridized carbons (Fsp3) is 0.667. The summed E-state index contributed by atoms with van der Waals surface area (Å²) in [6.45, 7) is 23.3. The molecule has 0 saturated carbocycles. The summed E-state index contributed by atoms with van der Waals surface area (Å²) in [7, 11) is -0.991. The Morgan fingerprint density at radius 1 is 0.633 bits per heavy atom. The Hall–Kier alpha value is -1.07. The van der Waals surface area contributed by atoms with Crippen LogP contribution < -0.4 is 0 Å². The van der Waals surface area contributed by atoms with E-state index in [4.69, 9.17) is 18.6 Å². The lowest BCUT2D eigenvalue weighted by atomic mass is 9.55. The molecule has 2 heterocycles. The molecule has 164 valence electrons. The lowest BCUT2D eigenvalue weighted by molar-refractivity contribution is 0.00578. The Balaban J connectivity index is 2.23. The monoisotopic (exact) mass is 412 g/mol. The van der Waals surface area contributed by atoms with Crippen LogP contribution in [0.2, 0.25) is 0 Å². The van der Waals surface area contributed by atoms with E-state index in [1.165, 1.54) is 0 Å². The minimum Gasteiger partial charge on any atom is -0.400 e. The van der Waals surface area contributed by atoms with Crippen molar-refractivity contribution in [2.45, 2.75) is 98.6 Å². The SMILES string of the molecule is CC(C)(C)/C(B1OC(C)(C)C(C)(C)O1)=C(/B1OC(C)(C)C(C)(C)O1)c1ccccc1. The zero-order valence-corrected chi connectivity index (χ0v) is 20.7. The molecule has 0 bridgehead atoms. The van der Waals surface area contributed by atoms with Crippen LogP contribution in [0.4, 0.5) is 0 Å². The van der Waals surface area contributed by atoms with Gasteiger partial charge in [-0.05, 0) is 77.3 Å². The highest BCUT2D eigenvalue weighted by molar-refractivity contribution is 6.74. The second kappa shape index (κ2) is 7.23. The van der Waals surface area contributed by atoms with Crippen molar-refractivity contribution in [3.8, 4) is 0 Å². The van der Waals surface area contributed by atoms with E-state index in [2.05, 4.69) is 88.3 Å². The maximum atomic E-state index is 6.53. The van der Waals surface area contributed by atoms with Gasteiger partial charge >= 0.3 is 14.2 Å². The predicted octanol–water partition coefficient (Wildman–Crippen LogP) is 5.75. The Morgan fingerprint density at radius 2 is 1.00 bits per heavy atom. The minimum atomic E-state index is -0.509. The number of benzene rings is 1. The van der Waals surface area contributed by atoms with Gasteiger partial charge in [-0.3, -0.25) is 0 Å². The first-order valence-electron chi connectivity index (χ1n) is 11.0. The molecule has 0 aliphatic carbocycles. The lowest BCUT2D eigenvalue weighted by Gasteiger charge is -2.32. The summed E-state index contributed by atoms with van der Waals surface area (Å²) in [5, 5.41) is 0. The maximum Gasteiger partial charge on any atom is 0.494 e. The van der Waals surface area contributed by atoms with Crippen molar-refractivity contribution in [1.82, 2.24) is 0 Å². The number of rotatable bonds is 3. The topological polar surface area (TPSA) is 36.9 Å². The third kappa shape index (κ3) is 4.04. The Morgan fingerprint density at radius 3 is 1.37 bits per heavy atom. The molecule has 0 atom stereocenters. The second-order valence-electron chi connectivity index (χ2n) is 11.6. The Labute approximate surface area is 184 Å². The third-order valence-corrected chi connectivity index (χ3v) is 7.16. The fourth-order valence-corrected chi connectivity index (χ4v) is 3.84. The molecule has 0 aromatic heterocycles. The smallest absolute Gasteiger partial charge is 0.400 e. The zero-order valence-electron chi connectivity index (χ0n) is 20.7. The molecule has 2 aliphatic heterocycles. The maximum absolute atomic E-state index is 6.53. The van der Waals surface area contributed by atoms with Gasteiger partial charge in [0, 0.05) is 0 Å². The first kappa shape index (κ1) is 23.6. The van der Waals surface area contributed by atoms with Crippen molar-refractivity contribution in [2.24, 2.45) is 5.41 Å². The van der Waals surface area contributed by atoms with E-state index in [1.807, 2.05) is 18.2 Å². The van der Waals surface area contributed by atoms with Crippen LogP contribution >= 0.6 is 0 Å².